The number of aromatic nitrogens is 1. The lowest BCUT2D eigenvalue weighted by molar-refractivity contribution is -0.123. The third kappa shape index (κ3) is 5.59. The second-order valence-corrected chi connectivity index (χ2v) is 13.8. The number of aryl methyl sites for hydroxylation is 2. The number of sulfonamides is 1. The summed E-state index contributed by atoms with van der Waals surface area (Å²) in [6, 6.07) is 14.9. The summed E-state index contributed by atoms with van der Waals surface area (Å²) in [6.07, 6.45) is 7.23. The van der Waals surface area contributed by atoms with Crippen molar-refractivity contribution < 1.29 is 13.2 Å². The van der Waals surface area contributed by atoms with Gasteiger partial charge in [0, 0.05) is 49.0 Å². The zero-order chi connectivity index (χ0) is 27.9. The monoisotopic (exact) mass is 580 g/mol. The van der Waals surface area contributed by atoms with Gasteiger partial charge in [-0.15, -0.1) is 0 Å². The number of nitrogens with zero attached hydrogens (tertiary/aromatic N) is 3. The highest BCUT2D eigenvalue weighted by molar-refractivity contribution is 7.89. The molecule has 212 valence electrons. The van der Waals surface area contributed by atoms with Gasteiger partial charge in [0.2, 0.25) is 15.9 Å². The van der Waals surface area contributed by atoms with Crippen LogP contribution >= 0.6 is 11.6 Å². The molecule has 0 spiro atoms. The van der Waals surface area contributed by atoms with E-state index in [1.807, 2.05) is 29.8 Å². The summed E-state index contributed by atoms with van der Waals surface area (Å²) in [6.45, 7) is 6.08. The van der Waals surface area contributed by atoms with E-state index in [9.17, 15) is 13.2 Å². The largest absolute Gasteiger partial charge is 0.353 e. The van der Waals surface area contributed by atoms with Crippen molar-refractivity contribution in [3.8, 4) is 0 Å². The van der Waals surface area contributed by atoms with Gasteiger partial charge in [-0.25, -0.2) is 8.42 Å². The highest BCUT2D eigenvalue weighted by atomic mass is 35.5. The van der Waals surface area contributed by atoms with Gasteiger partial charge in [-0.05, 0) is 98.6 Å². The molecule has 2 atom stereocenters. The van der Waals surface area contributed by atoms with Crippen LogP contribution in [0.3, 0.4) is 0 Å². The Kier molecular flexibility index (Phi) is 7.79. The first-order valence-corrected chi connectivity index (χ1v) is 16.2. The molecular weight excluding hydrogens is 544 g/mol. The van der Waals surface area contributed by atoms with Gasteiger partial charge in [-0.1, -0.05) is 35.9 Å². The summed E-state index contributed by atoms with van der Waals surface area (Å²) in [5.41, 5.74) is 5.72. The Balaban J connectivity index is 1.15. The summed E-state index contributed by atoms with van der Waals surface area (Å²) in [5.74, 6) is -0.124. The van der Waals surface area contributed by atoms with Crippen LogP contribution in [0.5, 0.6) is 0 Å². The van der Waals surface area contributed by atoms with Crippen LogP contribution in [-0.2, 0) is 40.7 Å². The van der Waals surface area contributed by atoms with Crippen LogP contribution in [0.4, 0.5) is 0 Å². The van der Waals surface area contributed by atoms with E-state index in [-0.39, 0.29) is 23.3 Å². The summed E-state index contributed by atoms with van der Waals surface area (Å²) in [5, 5.41) is 3.65. The van der Waals surface area contributed by atoms with Crippen molar-refractivity contribution in [3.63, 3.8) is 0 Å². The average Bonchev–Trinajstić information content (AvgIpc) is 3.63. The van der Waals surface area contributed by atoms with Crippen molar-refractivity contribution in [2.45, 2.75) is 75.5 Å². The van der Waals surface area contributed by atoms with E-state index in [1.54, 1.807) is 12.1 Å². The molecule has 1 aliphatic carbocycles. The van der Waals surface area contributed by atoms with Crippen molar-refractivity contribution in [1.82, 2.24) is 19.1 Å². The molecule has 0 bridgehead atoms. The van der Waals surface area contributed by atoms with Gasteiger partial charge in [-0.3, -0.25) is 9.69 Å². The maximum Gasteiger partial charge on any atom is 0.243 e. The fourth-order valence-electron chi connectivity index (χ4n) is 6.50. The quantitative estimate of drug-likeness (QED) is 0.433. The first kappa shape index (κ1) is 27.5. The minimum Gasteiger partial charge on any atom is -0.353 e. The van der Waals surface area contributed by atoms with Gasteiger partial charge < -0.3 is 9.88 Å². The molecule has 2 aliphatic heterocycles. The number of benzene rings is 2. The second-order valence-electron chi connectivity index (χ2n) is 11.5. The lowest BCUT2D eigenvalue weighted by Crippen LogP contribution is -2.45. The van der Waals surface area contributed by atoms with Crippen LogP contribution in [0.15, 0.2) is 59.6 Å². The maximum absolute atomic E-state index is 13.8. The number of fused-ring (bicyclic) bond motifs is 2. The van der Waals surface area contributed by atoms with Crippen molar-refractivity contribution in [2.75, 3.05) is 19.6 Å². The van der Waals surface area contributed by atoms with Crippen LogP contribution in [-0.4, -0.2) is 53.8 Å². The Morgan fingerprint density at radius 1 is 1.02 bits per heavy atom. The Hall–Kier alpha value is -2.65. The predicted octanol–water partition coefficient (Wildman–Crippen LogP) is 4.86. The molecule has 9 heteroatoms. The van der Waals surface area contributed by atoms with E-state index in [0.717, 1.165) is 37.1 Å². The smallest absolute Gasteiger partial charge is 0.243 e. The van der Waals surface area contributed by atoms with Crippen LogP contribution < -0.4 is 5.32 Å². The van der Waals surface area contributed by atoms with Crippen molar-refractivity contribution >= 4 is 27.5 Å². The van der Waals surface area contributed by atoms with Gasteiger partial charge in [0.1, 0.15) is 0 Å². The molecule has 3 heterocycles. The van der Waals surface area contributed by atoms with E-state index in [4.69, 9.17) is 11.6 Å². The first-order chi connectivity index (χ1) is 19.3. The predicted molar refractivity (Wildman–Crippen MR) is 157 cm³/mol. The summed E-state index contributed by atoms with van der Waals surface area (Å²) in [7, 11) is -3.85. The molecule has 1 fully saturated rings. The molecule has 1 saturated heterocycles. The number of carbonyl (C=O) groups excluding carboxylic acids is 1. The van der Waals surface area contributed by atoms with Crippen molar-refractivity contribution in [2.24, 2.45) is 0 Å². The number of rotatable bonds is 7. The molecule has 3 aliphatic rings. The zero-order valence-electron chi connectivity index (χ0n) is 23.0. The first-order valence-electron chi connectivity index (χ1n) is 14.3. The van der Waals surface area contributed by atoms with E-state index in [0.29, 0.717) is 18.1 Å². The highest BCUT2D eigenvalue weighted by Gasteiger charge is 2.38. The lowest BCUT2D eigenvalue weighted by Gasteiger charge is -2.36. The molecule has 1 N–H and O–H groups in total. The molecule has 7 nitrogen and oxygen atoms in total. The number of carbonyl (C=O) groups is 1. The Morgan fingerprint density at radius 3 is 2.65 bits per heavy atom. The van der Waals surface area contributed by atoms with Crippen LogP contribution in [0.2, 0.25) is 5.02 Å². The number of hydrogen-bond donors (Lipinski definition) is 1. The third-order valence-electron chi connectivity index (χ3n) is 8.71. The maximum atomic E-state index is 13.8. The van der Waals surface area contributed by atoms with Gasteiger partial charge in [0.25, 0.3) is 0 Å². The molecular formula is C31H37ClN4O3S. The molecule has 6 rings (SSSR count). The Labute approximate surface area is 242 Å². The van der Waals surface area contributed by atoms with E-state index in [2.05, 4.69) is 28.4 Å². The average molecular weight is 581 g/mol. The number of likely N-dealkylation sites (tertiary alicyclic amines) is 1. The van der Waals surface area contributed by atoms with Gasteiger partial charge >= 0.3 is 0 Å². The molecule has 1 amide bonds. The second kappa shape index (κ2) is 11.3. The normalized spacial score (nSPS) is 21.6. The standard InChI is InChI=1S/C31H37ClN4O3S/c1-22-6-11-27(19-28(22)32)40(38,39)36-16-15-35-14-4-5-29(35)30(36)20-31(37)33-26-10-9-24-17-23(7-8-25(24)18-26)21-34-12-2-3-13-34/h4-8,11,14,17,19,26,30H,2-3,9-10,12-13,15-16,18,20-21H2,1H3,(H,33,37). The minimum atomic E-state index is -3.85. The minimum absolute atomic E-state index is 0.0424. The summed E-state index contributed by atoms with van der Waals surface area (Å²) in [4.78, 5) is 16.1. The highest BCUT2D eigenvalue weighted by Crippen LogP contribution is 2.35. The SMILES string of the molecule is Cc1ccc(S(=O)(=O)N2CCn3cccc3C2CC(=O)NC2CCc3cc(CN4CCCC4)ccc3C2)cc1Cl. The van der Waals surface area contributed by atoms with Crippen LogP contribution in [0, 0.1) is 6.92 Å². The number of halogens is 1. The summed E-state index contributed by atoms with van der Waals surface area (Å²) >= 11 is 6.28. The molecule has 0 saturated carbocycles. The van der Waals surface area contributed by atoms with Crippen LogP contribution in [0.25, 0.3) is 0 Å². The molecule has 2 unspecified atom stereocenters. The third-order valence-corrected chi connectivity index (χ3v) is 11.0. The topological polar surface area (TPSA) is 74.6 Å². The number of hydrogen-bond acceptors (Lipinski definition) is 4. The Morgan fingerprint density at radius 2 is 1.85 bits per heavy atom. The number of nitrogens with one attached hydrogen (secondary N) is 1. The van der Waals surface area contributed by atoms with E-state index < -0.39 is 16.1 Å². The zero-order valence-corrected chi connectivity index (χ0v) is 24.6. The van der Waals surface area contributed by atoms with Crippen molar-refractivity contribution in [1.29, 1.82) is 0 Å². The number of amides is 1. The molecule has 1 aromatic heterocycles. The van der Waals surface area contributed by atoms with Gasteiger partial charge in [0.15, 0.2) is 0 Å². The van der Waals surface area contributed by atoms with E-state index >= 15 is 0 Å². The molecule has 0 radical (unpaired) electrons. The molecule has 2 aromatic carbocycles. The van der Waals surface area contributed by atoms with Gasteiger partial charge in [0.05, 0.1) is 10.9 Å². The van der Waals surface area contributed by atoms with E-state index in [1.165, 1.54) is 53.0 Å². The van der Waals surface area contributed by atoms with Gasteiger partial charge in [-0.2, -0.15) is 4.31 Å². The van der Waals surface area contributed by atoms with Crippen LogP contribution in [0.1, 0.15) is 59.7 Å². The fourth-order valence-corrected chi connectivity index (χ4v) is 8.36. The lowest BCUT2D eigenvalue weighted by atomic mass is 9.87. The van der Waals surface area contributed by atoms with Crippen molar-refractivity contribution in [3.05, 3.63) is 87.7 Å². The summed E-state index contributed by atoms with van der Waals surface area (Å²) < 4.78 is 31.0. The molecule has 40 heavy (non-hydrogen) atoms. The molecule has 3 aromatic rings. The Bertz CT molecular complexity index is 1510. The fraction of sp³-hybridized carbons (Fsp3) is 0.452.